The summed E-state index contributed by atoms with van der Waals surface area (Å²) < 4.78 is 20.4. The third kappa shape index (κ3) is 6.04. The van der Waals surface area contributed by atoms with Crippen LogP contribution in [-0.2, 0) is 22.7 Å². The van der Waals surface area contributed by atoms with Crippen LogP contribution in [-0.4, -0.2) is 37.3 Å². The van der Waals surface area contributed by atoms with Gasteiger partial charge in [-0.15, -0.1) is 5.10 Å². The molecule has 0 aliphatic heterocycles. The van der Waals surface area contributed by atoms with Gasteiger partial charge in [-0.25, -0.2) is 14.1 Å². The third-order valence-corrected chi connectivity index (χ3v) is 5.36. The van der Waals surface area contributed by atoms with Gasteiger partial charge in [-0.1, -0.05) is 23.9 Å². The average Bonchev–Trinajstić information content (AvgIpc) is 3.49. The number of halogens is 1. The zero-order valence-corrected chi connectivity index (χ0v) is 18.1. The van der Waals surface area contributed by atoms with Crippen molar-refractivity contribution in [1.29, 1.82) is 0 Å². The van der Waals surface area contributed by atoms with Crippen molar-refractivity contribution in [3.05, 3.63) is 78.8 Å². The van der Waals surface area contributed by atoms with Gasteiger partial charge >= 0.3 is 0 Å². The van der Waals surface area contributed by atoms with Crippen molar-refractivity contribution in [1.82, 2.24) is 25.1 Å². The lowest BCUT2D eigenvalue weighted by molar-refractivity contribution is -0.122. The zero-order chi connectivity index (χ0) is 23.0. The Hall–Kier alpha value is -3.99. The van der Waals surface area contributed by atoms with E-state index in [4.69, 9.17) is 4.42 Å². The van der Waals surface area contributed by atoms with Gasteiger partial charge in [0.15, 0.2) is 11.0 Å². The Morgan fingerprint density at radius 1 is 1.06 bits per heavy atom. The SMILES string of the molecule is O=C(Cn1nc(-c2ccncc2)nc1SCC(=O)Nc1ccccc1F)NCc1ccco1. The number of hydrogen-bond acceptors (Lipinski definition) is 7. The van der Waals surface area contributed by atoms with Crippen LogP contribution in [0.15, 0.2) is 76.8 Å². The summed E-state index contributed by atoms with van der Waals surface area (Å²) in [7, 11) is 0. The number of pyridine rings is 1. The van der Waals surface area contributed by atoms with Crippen LogP contribution in [0.3, 0.4) is 0 Å². The molecule has 11 heteroatoms. The number of amides is 2. The third-order valence-electron chi connectivity index (χ3n) is 4.39. The molecule has 0 fully saturated rings. The highest BCUT2D eigenvalue weighted by Gasteiger charge is 2.17. The molecule has 4 rings (SSSR count). The predicted octanol–water partition coefficient (Wildman–Crippen LogP) is 3.12. The van der Waals surface area contributed by atoms with Crippen LogP contribution >= 0.6 is 11.8 Å². The number of carbonyl (C=O) groups excluding carboxylic acids is 2. The van der Waals surface area contributed by atoms with Gasteiger partial charge in [-0.05, 0) is 36.4 Å². The topological polar surface area (TPSA) is 115 Å². The Kier molecular flexibility index (Phi) is 7.10. The molecule has 0 radical (unpaired) electrons. The average molecular weight is 466 g/mol. The van der Waals surface area contributed by atoms with E-state index in [0.29, 0.717) is 16.7 Å². The maximum absolute atomic E-state index is 13.8. The van der Waals surface area contributed by atoms with Crippen molar-refractivity contribution in [2.75, 3.05) is 11.1 Å². The molecular weight excluding hydrogens is 447 g/mol. The first-order chi connectivity index (χ1) is 16.1. The summed E-state index contributed by atoms with van der Waals surface area (Å²) in [4.78, 5) is 33.2. The van der Waals surface area contributed by atoms with Gasteiger partial charge in [0, 0.05) is 18.0 Å². The smallest absolute Gasteiger partial charge is 0.242 e. The Morgan fingerprint density at radius 2 is 1.88 bits per heavy atom. The van der Waals surface area contributed by atoms with Crippen LogP contribution in [0.1, 0.15) is 5.76 Å². The van der Waals surface area contributed by atoms with E-state index in [-0.39, 0.29) is 30.4 Å². The number of hydrogen-bond donors (Lipinski definition) is 2. The van der Waals surface area contributed by atoms with Gasteiger partial charge in [-0.3, -0.25) is 14.6 Å². The highest BCUT2D eigenvalue weighted by Crippen LogP contribution is 2.22. The summed E-state index contributed by atoms with van der Waals surface area (Å²) in [6.45, 7) is 0.140. The van der Waals surface area contributed by atoms with Crippen LogP contribution in [0.2, 0.25) is 0 Å². The van der Waals surface area contributed by atoms with Crippen LogP contribution < -0.4 is 10.6 Å². The van der Waals surface area contributed by atoms with E-state index >= 15 is 0 Å². The Morgan fingerprint density at radius 3 is 2.64 bits per heavy atom. The number of anilines is 1. The fourth-order valence-electron chi connectivity index (χ4n) is 2.83. The molecule has 0 atom stereocenters. The molecule has 4 aromatic rings. The molecule has 1 aromatic carbocycles. The van der Waals surface area contributed by atoms with E-state index in [0.717, 1.165) is 17.3 Å². The predicted molar refractivity (Wildman–Crippen MR) is 120 cm³/mol. The Bertz CT molecular complexity index is 1230. The maximum Gasteiger partial charge on any atom is 0.242 e. The second-order valence-electron chi connectivity index (χ2n) is 6.78. The normalized spacial score (nSPS) is 10.7. The van der Waals surface area contributed by atoms with E-state index in [1.165, 1.54) is 23.1 Å². The van der Waals surface area contributed by atoms with Gasteiger partial charge in [0.2, 0.25) is 11.8 Å². The molecule has 0 saturated carbocycles. The fraction of sp³-hybridized carbons (Fsp3) is 0.136. The van der Waals surface area contributed by atoms with Crippen molar-refractivity contribution in [3.63, 3.8) is 0 Å². The van der Waals surface area contributed by atoms with Crippen molar-refractivity contribution in [3.8, 4) is 11.4 Å². The number of benzene rings is 1. The number of aromatic nitrogens is 4. The summed E-state index contributed by atoms with van der Waals surface area (Å²) in [6, 6.07) is 12.9. The van der Waals surface area contributed by atoms with Crippen LogP contribution in [0, 0.1) is 5.82 Å². The lowest BCUT2D eigenvalue weighted by atomic mass is 10.3. The van der Waals surface area contributed by atoms with Crippen LogP contribution in [0.4, 0.5) is 10.1 Å². The minimum absolute atomic E-state index is 0.0448. The molecule has 0 aliphatic carbocycles. The molecule has 33 heavy (non-hydrogen) atoms. The number of furan rings is 1. The lowest BCUT2D eigenvalue weighted by Gasteiger charge is -2.07. The Labute approximate surface area is 192 Å². The quantitative estimate of drug-likeness (QED) is 0.364. The molecular formula is C22H19FN6O3S. The lowest BCUT2D eigenvalue weighted by Crippen LogP contribution is -2.27. The first kappa shape index (κ1) is 22.2. The summed E-state index contributed by atoms with van der Waals surface area (Å²) >= 11 is 1.09. The van der Waals surface area contributed by atoms with Gasteiger partial charge in [0.1, 0.15) is 18.1 Å². The standard InChI is InChI=1S/C22H19FN6O3S/c23-17-5-1-2-6-18(17)26-20(31)14-33-22-27-21(15-7-9-24-10-8-15)28-29(22)13-19(30)25-12-16-4-3-11-32-16/h1-11H,12-14H2,(H,25,30)(H,26,31). The number of para-hydroxylation sites is 1. The molecule has 168 valence electrons. The molecule has 2 amide bonds. The molecule has 0 bridgehead atoms. The largest absolute Gasteiger partial charge is 0.467 e. The van der Waals surface area contributed by atoms with Crippen molar-refractivity contribution >= 4 is 29.3 Å². The maximum atomic E-state index is 13.8. The van der Waals surface area contributed by atoms with Crippen LogP contribution in [0.5, 0.6) is 0 Å². The molecule has 0 aliphatic rings. The number of rotatable bonds is 9. The number of nitrogens with one attached hydrogen (secondary N) is 2. The molecule has 0 spiro atoms. The summed E-state index contributed by atoms with van der Waals surface area (Å²) in [6.07, 6.45) is 4.75. The second-order valence-corrected chi connectivity index (χ2v) is 7.73. The number of thioether (sulfide) groups is 1. The second kappa shape index (κ2) is 10.6. The van der Waals surface area contributed by atoms with E-state index < -0.39 is 11.7 Å². The molecule has 3 aromatic heterocycles. The molecule has 0 unspecified atom stereocenters. The fourth-order valence-corrected chi connectivity index (χ4v) is 3.57. The molecule has 9 nitrogen and oxygen atoms in total. The summed E-state index contributed by atoms with van der Waals surface area (Å²) in [5.74, 6) is -0.251. The molecule has 2 N–H and O–H groups in total. The van der Waals surface area contributed by atoms with Gasteiger partial charge in [0.25, 0.3) is 0 Å². The van der Waals surface area contributed by atoms with Crippen LogP contribution in [0.25, 0.3) is 11.4 Å². The highest BCUT2D eigenvalue weighted by molar-refractivity contribution is 7.99. The number of nitrogens with zero attached hydrogens (tertiary/aromatic N) is 4. The van der Waals surface area contributed by atoms with Crippen molar-refractivity contribution in [2.45, 2.75) is 18.2 Å². The molecule has 3 heterocycles. The highest BCUT2D eigenvalue weighted by atomic mass is 32.2. The van der Waals surface area contributed by atoms with Gasteiger partial charge in [-0.2, -0.15) is 0 Å². The Balaban J connectivity index is 1.45. The van der Waals surface area contributed by atoms with Gasteiger partial charge in [0.05, 0.1) is 24.2 Å². The number of carbonyl (C=O) groups is 2. The minimum Gasteiger partial charge on any atom is -0.467 e. The monoisotopic (exact) mass is 466 g/mol. The summed E-state index contributed by atoms with van der Waals surface area (Å²) in [5, 5.41) is 10.1. The first-order valence-electron chi connectivity index (χ1n) is 9.90. The minimum atomic E-state index is -0.521. The van der Waals surface area contributed by atoms with E-state index in [9.17, 15) is 14.0 Å². The van der Waals surface area contributed by atoms with E-state index in [1.54, 1.807) is 48.8 Å². The van der Waals surface area contributed by atoms with E-state index in [2.05, 4.69) is 25.7 Å². The summed E-state index contributed by atoms with van der Waals surface area (Å²) in [5.41, 5.74) is 0.816. The molecule has 0 saturated heterocycles. The van der Waals surface area contributed by atoms with Crippen molar-refractivity contribution < 1.29 is 18.4 Å². The van der Waals surface area contributed by atoms with E-state index in [1.807, 2.05) is 0 Å². The van der Waals surface area contributed by atoms with Crippen molar-refractivity contribution in [2.24, 2.45) is 0 Å². The zero-order valence-electron chi connectivity index (χ0n) is 17.3. The first-order valence-corrected chi connectivity index (χ1v) is 10.9. The van der Waals surface area contributed by atoms with Gasteiger partial charge < -0.3 is 15.1 Å².